The Hall–Kier alpha value is -3.59. The summed E-state index contributed by atoms with van der Waals surface area (Å²) in [6.45, 7) is 1.62. The summed E-state index contributed by atoms with van der Waals surface area (Å²) in [6, 6.07) is 13.7. The highest BCUT2D eigenvalue weighted by Gasteiger charge is 2.30. The highest BCUT2D eigenvalue weighted by Crippen LogP contribution is 2.29. The zero-order chi connectivity index (χ0) is 22.4. The first-order valence-electron chi connectivity index (χ1n) is 9.44. The molecule has 3 N–H and O–H groups in total. The van der Waals surface area contributed by atoms with Crippen LogP contribution >= 0.6 is 12.2 Å². The van der Waals surface area contributed by atoms with Gasteiger partial charge in [0.2, 0.25) is 0 Å². The van der Waals surface area contributed by atoms with Gasteiger partial charge in [-0.1, -0.05) is 12.1 Å². The normalized spacial score (nSPS) is 15.5. The number of amides is 1. The maximum absolute atomic E-state index is 13.1. The van der Waals surface area contributed by atoms with Crippen LogP contribution in [0.5, 0.6) is 11.5 Å². The van der Waals surface area contributed by atoms with Gasteiger partial charge in [-0.05, 0) is 61.1 Å². The molecule has 0 saturated heterocycles. The number of carbonyl (C=O) groups excluding carboxylic acids is 2. The van der Waals surface area contributed by atoms with Crippen molar-refractivity contribution in [3.05, 3.63) is 65.4 Å². The molecule has 1 heterocycles. The first kappa shape index (κ1) is 22.1. The molecule has 162 valence electrons. The van der Waals surface area contributed by atoms with E-state index in [9.17, 15) is 9.59 Å². The number of esters is 1. The molecule has 0 bridgehead atoms. The van der Waals surface area contributed by atoms with Crippen molar-refractivity contribution in [1.82, 2.24) is 10.6 Å². The van der Waals surface area contributed by atoms with E-state index in [2.05, 4.69) is 20.7 Å². The van der Waals surface area contributed by atoms with Crippen molar-refractivity contribution >= 4 is 34.9 Å². The average Bonchev–Trinajstić information content (AvgIpc) is 2.77. The van der Waals surface area contributed by atoms with Gasteiger partial charge in [0.1, 0.15) is 11.5 Å². The molecule has 2 aromatic carbocycles. The number of benzene rings is 2. The van der Waals surface area contributed by atoms with Gasteiger partial charge in [0, 0.05) is 11.4 Å². The van der Waals surface area contributed by atoms with Crippen LogP contribution in [0.4, 0.5) is 5.69 Å². The van der Waals surface area contributed by atoms with Gasteiger partial charge in [-0.25, -0.2) is 4.79 Å². The Balaban J connectivity index is 1.80. The van der Waals surface area contributed by atoms with Crippen molar-refractivity contribution < 1.29 is 23.8 Å². The number of nitrogens with one attached hydrogen (secondary N) is 3. The Labute approximate surface area is 185 Å². The molecule has 0 unspecified atom stereocenters. The zero-order valence-corrected chi connectivity index (χ0v) is 18.2. The van der Waals surface area contributed by atoms with Crippen LogP contribution in [-0.2, 0) is 14.3 Å². The molecule has 2 aromatic rings. The molecule has 3 rings (SSSR count). The van der Waals surface area contributed by atoms with Gasteiger partial charge in [0.15, 0.2) is 11.7 Å². The summed E-state index contributed by atoms with van der Waals surface area (Å²) in [5, 5.41) is 9.48. The molecule has 0 saturated carbocycles. The minimum absolute atomic E-state index is 0.180. The van der Waals surface area contributed by atoms with Crippen LogP contribution in [0.3, 0.4) is 0 Å². The third kappa shape index (κ3) is 5.52. The first-order valence-corrected chi connectivity index (χ1v) is 9.85. The summed E-state index contributed by atoms with van der Waals surface area (Å²) in [7, 11) is 2.88. The molecule has 1 aliphatic heterocycles. The molecule has 0 aromatic heterocycles. The molecular weight excluding hydrogens is 418 g/mol. The molecule has 0 fully saturated rings. The van der Waals surface area contributed by atoms with E-state index in [-0.39, 0.29) is 12.5 Å². The summed E-state index contributed by atoms with van der Waals surface area (Å²) in [5.41, 5.74) is 2.62. The fourth-order valence-electron chi connectivity index (χ4n) is 3.08. The number of hydrogen-bond acceptors (Lipinski definition) is 6. The van der Waals surface area contributed by atoms with E-state index in [4.69, 9.17) is 21.7 Å². The Bertz CT molecular complexity index is 1000. The van der Waals surface area contributed by atoms with Crippen molar-refractivity contribution in [3.8, 4) is 11.5 Å². The Morgan fingerprint density at radius 3 is 2.29 bits per heavy atom. The summed E-state index contributed by atoms with van der Waals surface area (Å²) >= 11 is 5.29. The van der Waals surface area contributed by atoms with Crippen molar-refractivity contribution in [1.29, 1.82) is 0 Å². The minimum Gasteiger partial charge on any atom is -0.497 e. The monoisotopic (exact) mass is 441 g/mol. The maximum Gasteiger partial charge on any atom is 0.343 e. The average molecular weight is 442 g/mol. The third-order valence-electron chi connectivity index (χ3n) is 4.66. The molecule has 1 amide bonds. The van der Waals surface area contributed by atoms with Gasteiger partial charge in [-0.2, -0.15) is 0 Å². The lowest BCUT2D eigenvalue weighted by Crippen LogP contribution is -2.45. The van der Waals surface area contributed by atoms with Crippen molar-refractivity contribution in [2.75, 3.05) is 26.1 Å². The smallest absolute Gasteiger partial charge is 0.343 e. The van der Waals surface area contributed by atoms with Crippen molar-refractivity contribution in [2.45, 2.75) is 13.0 Å². The van der Waals surface area contributed by atoms with Crippen LogP contribution in [0, 0.1) is 0 Å². The number of ether oxygens (including phenoxy) is 3. The SMILES string of the molecule is COC(=O)COc1ccc([C@H]2NC(=S)NC(C)=C2C(=O)Nc2ccc(OC)cc2)cc1. The van der Waals surface area contributed by atoms with Crippen LogP contribution in [0.2, 0.25) is 0 Å². The molecule has 31 heavy (non-hydrogen) atoms. The second-order valence-corrected chi connectivity index (χ2v) is 7.09. The van der Waals surface area contributed by atoms with E-state index in [1.54, 1.807) is 50.4 Å². The number of hydrogen-bond donors (Lipinski definition) is 3. The standard InChI is InChI=1S/C22H23N3O5S/c1-13-19(21(27)24-15-6-10-16(28-2)11-7-15)20(25-22(31)23-13)14-4-8-17(9-5-14)30-12-18(26)29-3/h4-11,20H,12H2,1-3H3,(H,24,27)(H2,23,25,31)/t20-/m1/s1. The van der Waals surface area contributed by atoms with E-state index >= 15 is 0 Å². The van der Waals surface area contributed by atoms with E-state index in [0.29, 0.717) is 33.6 Å². The number of allylic oxidation sites excluding steroid dienone is 1. The van der Waals surface area contributed by atoms with Crippen LogP contribution < -0.4 is 25.4 Å². The third-order valence-corrected chi connectivity index (χ3v) is 4.88. The number of thiocarbonyl (C=S) groups is 1. The summed E-state index contributed by atoms with van der Waals surface area (Å²) in [6.07, 6.45) is 0. The second-order valence-electron chi connectivity index (χ2n) is 6.69. The van der Waals surface area contributed by atoms with E-state index in [1.807, 2.05) is 12.1 Å². The maximum atomic E-state index is 13.1. The summed E-state index contributed by atoms with van der Waals surface area (Å²) < 4.78 is 15.1. The van der Waals surface area contributed by atoms with Crippen LogP contribution in [0.1, 0.15) is 18.5 Å². The molecule has 1 aliphatic rings. The lowest BCUT2D eigenvalue weighted by atomic mass is 9.95. The number of rotatable bonds is 7. The van der Waals surface area contributed by atoms with Gasteiger partial charge >= 0.3 is 5.97 Å². The van der Waals surface area contributed by atoms with E-state index in [0.717, 1.165) is 5.56 Å². The molecule has 1 atom stereocenters. The zero-order valence-electron chi connectivity index (χ0n) is 17.4. The highest BCUT2D eigenvalue weighted by molar-refractivity contribution is 7.80. The lowest BCUT2D eigenvalue weighted by molar-refractivity contribution is -0.142. The van der Waals surface area contributed by atoms with Gasteiger partial charge < -0.3 is 30.2 Å². The molecular formula is C22H23N3O5S. The minimum atomic E-state index is -0.467. The van der Waals surface area contributed by atoms with Crippen molar-refractivity contribution in [3.63, 3.8) is 0 Å². The largest absolute Gasteiger partial charge is 0.497 e. The molecule has 0 radical (unpaired) electrons. The Morgan fingerprint density at radius 2 is 1.68 bits per heavy atom. The van der Waals surface area contributed by atoms with E-state index in [1.165, 1.54) is 7.11 Å². The second kappa shape index (κ2) is 9.94. The summed E-state index contributed by atoms with van der Waals surface area (Å²) in [5.74, 6) is 0.481. The predicted molar refractivity (Wildman–Crippen MR) is 120 cm³/mol. The summed E-state index contributed by atoms with van der Waals surface area (Å²) in [4.78, 5) is 24.3. The first-order chi connectivity index (χ1) is 14.9. The van der Waals surface area contributed by atoms with Crippen molar-refractivity contribution in [2.24, 2.45) is 0 Å². The topological polar surface area (TPSA) is 97.9 Å². The number of carbonyl (C=O) groups is 2. The Morgan fingerprint density at radius 1 is 1.03 bits per heavy atom. The van der Waals surface area contributed by atoms with Gasteiger partial charge in [0.25, 0.3) is 5.91 Å². The predicted octanol–water partition coefficient (Wildman–Crippen LogP) is 2.68. The van der Waals surface area contributed by atoms with Gasteiger partial charge in [-0.15, -0.1) is 0 Å². The fourth-order valence-corrected chi connectivity index (χ4v) is 3.35. The highest BCUT2D eigenvalue weighted by atomic mass is 32.1. The van der Waals surface area contributed by atoms with Gasteiger partial charge in [0.05, 0.1) is 25.8 Å². The number of anilines is 1. The Kier molecular flexibility index (Phi) is 7.09. The molecule has 0 aliphatic carbocycles. The van der Waals surface area contributed by atoms with E-state index < -0.39 is 12.0 Å². The van der Waals surface area contributed by atoms with Crippen LogP contribution in [0.25, 0.3) is 0 Å². The quantitative estimate of drug-likeness (QED) is 0.446. The molecule has 0 spiro atoms. The molecule has 8 nitrogen and oxygen atoms in total. The van der Waals surface area contributed by atoms with Gasteiger partial charge in [-0.3, -0.25) is 4.79 Å². The number of methoxy groups -OCH3 is 2. The lowest BCUT2D eigenvalue weighted by Gasteiger charge is -2.30. The van der Waals surface area contributed by atoms with Crippen LogP contribution in [0.15, 0.2) is 59.8 Å². The van der Waals surface area contributed by atoms with Crippen LogP contribution in [-0.4, -0.2) is 37.8 Å². The molecule has 9 heteroatoms. The fraction of sp³-hybridized carbons (Fsp3) is 0.227.